The predicted molar refractivity (Wildman–Crippen MR) is 56.3 cm³/mol. The van der Waals surface area contributed by atoms with Crippen molar-refractivity contribution < 1.29 is 4.79 Å². The monoisotopic (exact) mass is 197 g/mol. The molecule has 0 radical (unpaired) electrons. The van der Waals surface area contributed by atoms with Crippen molar-refractivity contribution in [3.8, 4) is 0 Å². The SMILES string of the molecule is Cc1csc(C(=O)NC(C)(C)C)c1. The van der Waals surface area contributed by atoms with Gasteiger partial charge in [0.15, 0.2) is 0 Å². The highest BCUT2D eigenvalue weighted by Crippen LogP contribution is 2.14. The van der Waals surface area contributed by atoms with E-state index in [0.29, 0.717) is 0 Å². The van der Waals surface area contributed by atoms with E-state index >= 15 is 0 Å². The molecule has 0 aliphatic heterocycles. The Bertz CT molecular complexity index is 309. The highest BCUT2D eigenvalue weighted by atomic mass is 32.1. The van der Waals surface area contributed by atoms with Crippen LogP contribution in [0.5, 0.6) is 0 Å². The zero-order valence-electron chi connectivity index (χ0n) is 8.47. The number of carbonyl (C=O) groups is 1. The molecule has 13 heavy (non-hydrogen) atoms. The van der Waals surface area contributed by atoms with Crippen LogP contribution in [-0.2, 0) is 0 Å². The molecule has 0 spiro atoms. The Morgan fingerprint density at radius 3 is 2.46 bits per heavy atom. The van der Waals surface area contributed by atoms with Crippen LogP contribution in [-0.4, -0.2) is 11.4 Å². The van der Waals surface area contributed by atoms with Crippen LogP contribution in [0.4, 0.5) is 0 Å². The lowest BCUT2D eigenvalue weighted by Crippen LogP contribution is -2.40. The lowest BCUT2D eigenvalue weighted by atomic mass is 10.1. The molecule has 72 valence electrons. The van der Waals surface area contributed by atoms with Crippen molar-refractivity contribution in [3.05, 3.63) is 21.9 Å². The number of aryl methyl sites for hydroxylation is 1. The summed E-state index contributed by atoms with van der Waals surface area (Å²) in [6, 6.07) is 1.91. The normalized spacial score (nSPS) is 11.4. The van der Waals surface area contributed by atoms with Crippen molar-refractivity contribution in [2.24, 2.45) is 0 Å². The third kappa shape index (κ3) is 3.19. The molecule has 1 N–H and O–H groups in total. The summed E-state index contributed by atoms with van der Waals surface area (Å²) in [6.07, 6.45) is 0. The van der Waals surface area contributed by atoms with Crippen LogP contribution in [0.2, 0.25) is 0 Å². The Morgan fingerprint density at radius 2 is 2.08 bits per heavy atom. The molecule has 0 atom stereocenters. The summed E-state index contributed by atoms with van der Waals surface area (Å²) in [5.41, 5.74) is 0.985. The smallest absolute Gasteiger partial charge is 0.261 e. The van der Waals surface area contributed by atoms with Gasteiger partial charge in [0, 0.05) is 5.54 Å². The number of carbonyl (C=O) groups excluding carboxylic acids is 1. The van der Waals surface area contributed by atoms with E-state index in [1.807, 2.05) is 39.1 Å². The second-order valence-electron chi connectivity index (χ2n) is 4.19. The summed E-state index contributed by atoms with van der Waals surface area (Å²) in [6.45, 7) is 7.92. The Hall–Kier alpha value is -0.830. The van der Waals surface area contributed by atoms with E-state index in [4.69, 9.17) is 0 Å². The zero-order chi connectivity index (χ0) is 10.1. The Balaban J connectivity index is 2.70. The van der Waals surface area contributed by atoms with Gasteiger partial charge in [-0.1, -0.05) is 0 Å². The lowest BCUT2D eigenvalue weighted by Gasteiger charge is -2.19. The van der Waals surface area contributed by atoms with E-state index in [2.05, 4.69) is 5.32 Å². The first-order valence-electron chi connectivity index (χ1n) is 4.26. The van der Waals surface area contributed by atoms with Crippen LogP contribution in [0.3, 0.4) is 0 Å². The maximum absolute atomic E-state index is 11.6. The van der Waals surface area contributed by atoms with Crippen molar-refractivity contribution in [2.45, 2.75) is 33.2 Å². The quantitative estimate of drug-likeness (QED) is 0.736. The summed E-state index contributed by atoms with van der Waals surface area (Å²) >= 11 is 1.49. The number of amides is 1. The largest absolute Gasteiger partial charge is 0.347 e. The first-order chi connectivity index (χ1) is 5.88. The van der Waals surface area contributed by atoms with E-state index < -0.39 is 0 Å². The van der Waals surface area contributed by atoms with Gasteiger partial charge in [-0.15, -0.1) is 11.3 Å². The summed E-state index contributed by atoms with van der Waals surface area (Å²) < 4.78 is 0. The Kier molecular flexibility index (Phi) is 2.76. The molecule has 0 unspecified atom stereocenters. The first kappa shape index (κ1) is 10.3. The molecule has 1 amide bonds. The molecule has 1 aromatic heterocycles. The van der Waals surface area contributed by atoms with E-state index in [-0.39, 0.29) is 11.4 Å². The predicted octanol–water partition coefficient (Wildman–Crippen LogP) is 2.58. The van der Waals surface area contributed by atoms with Gasteiger partial charge in [0.25, 0.3) is 5.91 Å². The van der Waals surface area contributed by atoms with Gasteiger partial charge >= 0.3 is 0 Å². The van der Waals surface area contributed by atoms with E-state index in [9.17, 15) is 4.79 Å². The minimum atomic E-state index is -0.158. The topological polar surface area (TPSA) is 29.1 Å². The molecule has 0 saturated carbocycles. The highest BCUT2D eigenvalue weighted by Gasteiger charge is 2.15. The molecule has 3 heteroatoms. The fourth-order valence-corrected chi connectivity index (χ4v) is 1.75. The number of hydrogen-bond donors (Lipinski definition) is 1. The standard InChI is InChI=1S/C10H15NOS/c1-7-5-8(13-6-7)9(12)11-10(2,3)4/h5-6H,1-4H3,(H,11,12). The van der Waals surface area contributed by atoms with Gasteiger partial charge in [0.1, 0.15) is 0 Å². The molecular weight excluding hydrogens is 182 g/mol. The van der Waals surface area contributed by atoms with Crippen LogP contribution < -0.4 is 5.32 Å². The van der Waals surface area contributed by atoms with Gasteiger partial charge in [0.2, 0.25) is 0 Å². The molecule has 0 aromatic carbocycles. The third-order valence-electron chi connectivity index (χ3n) is 1.44. The van der Waals surface area contributed by atoms with Gasteiger partial charge in [-0.25, -0.2) is 0 Å². The summed E-state index contributed by atoms with van der Waals surface area (Å²) in [5, 5.41) is 4.90. The Morgan fingerprint density at radius 1 is 1.46 bits per heavy atom. The van der Waals surface area contributed by atoms with Crippen LogP contribution in [0.15, 0.2) is 11.4 Å². The van der Waals surface area contributed by atoms with E-state index in [1.165, 1.54) is 11.3 Å². The van der Waals surface area contributed by atoms with Crippen molar-refractivity contribution in [3.63, 3.8) is 0 Å². The summed E-state index contributed by atoms with van der Waals surface area (Å²) in [4.78, 5) is 12.4. The van der Waals surface area contributed by atoms with Crippen LogP contribution >= 0.6 is 11.3 Å². The summed E-state index contributed by atoms with van der Waals surface area (Å²) in [7, 11) is 0. The third-order valence-corrected chi connectivity index (χ3v) is 2.49. The minimum absolute atomic E-state index is 0.0191. The summed E-state index contributed by atoms with van der Waals surface area (Å²) in [5.74, 6) is 0.0191. The number of hydrogen-bond acceptors (Lipinski definition) is 2. The van der Waals surface area contributed by atoms with E-state index in [1.54, 1.807) is 0 Å². The van der Waals surface area contributed by atoms with Crippen molar-refractivity contribution in [1.29, 1.82) is 0 Å². The molecule has 0 aliphatic rings. The van der Waals surface area contributed by atoms with Gasteiger partial charge in [-0.2, -0.15) is 0 Å². The van der Waals surface area contributed by atoms with Crippen molar-refractivity contribution in [2.75, 3.05) is 0 Å². The second kappa shape index (κ2) is 3.50. The number of nitrogens with one attached hydrogen (secondary N) is 1. The molecule has 0 aliphatic carbocycles. The van der Waals surface area contributed by atoms with Gasteiger partial charge < -0.3 is 5.32 Å². The molecule has 1 heterocycles. The highest BCUT2D eigenvalue weighted by molar-refractivity contribution is 7.12. The zero-order valence-corrected chi connectivity index (χ0v) is 9.29. The van der Waals surface area contributed by atoms with Crippen molar-refractivity contribution >= 4 is 17.2 Å². The molecule has 0 saturated heterocycles. The average Bonchev–Trinajstić information content (AvgIpc) is 2.31. The van der Waals surface area contributed by atoms with Gasteiger partial charge in [-0.3, -0.25) is 4.79 Å². The van der Waals surface area contributed by atoms with Gasteiger partial charge in [0.05, 0.1) is 4.88 Å². The maximum Gasteiger partial charge on any atom is 0.261 e. The fourth-order valence-electron chi connectivity index (χ4n) is 0.953. The van der Waals surface area contributed by atoms with E-state index in [0.717, 1.165) is 10.4 Å². The molecule has 0 fully saturated rings. The Labute approximate surface area is 83.0 Å². The van der Waals surface area contributed by atoms with Crippen molar-refractivity contribution in [1.82, 2.24) is 5.32 Å². The molecule has 2 nitrogen and oxygen atoms in total. The minimum Gasteiger partial charge on any atom is -0.347 e. The molecule has 1 aromatic rings. The lowest BCUT2D eigenvalue weighted by molar-refractivity contribution is 0.0923. The maximum atomic E-state index is 11.6. The second-order valence-corrected chi connectivity index (χ2v) is 5.10. The fraction of sp³-hybridized carbons (Fsp3) is 0.500. The van der Waals surface area contributed by atoms with Crippen LogP contribution in [0.25, 0.3) is 0 Å². The number of rotatable bonds is 1. The van der Waals surface area contributed by atoms with Gasteiger partial charge in [-0.05, 0) is 44.7 Å². The molecule has 0 bridgehead atoms. The number of thiophene rings is 1. The molecule has 1 rings (SSSR count). The van der Waals surface area contributed by atoms with Crippen LogP contribution in [0, 0.1) is 6.92 Å². The first-order valence-corrected chi connectivity index (χ1v) is 5.14. The average molecular weight is 197 g/mol. The molecular formula is C10H15NOS. The van der Waals surface area contributed by atoms with Crippen LogP contribution in [0.1, 0.15) is 36.0 Å².